The number of piperidine rings is 1. The van der Waals surface area contributed by atoms with Crippen LogP contribution in [0.2, 0.25) is 0 Å². The molecule has 2 aromatic carbocycles. The summed E-state index contributed by atoms with van der Waals surface area (Å²) >= 11 is 0. The van der Waals surface area contributed by atoms with Crippen molar-refractivity contribution in [2.75, 3.05) is 23.9 Å². The Balaban J connectivity index is 1.63. The highest BCUT2D eigenvalue weighted by Crippen LogP contribution is 2.22. The van der Waals surface area contributed by atoms with Crippen molar-refractivity contribution in [1.29, 1.82) is 0 Å². The van der Waals surface area contributed by atoms with E-state index in [0.29, 0.717) is 18.7 Å². The van der Waals surface area contributed by atoms with Gasteiger partial charge in [-0.1, -0.05) is 12.1 Å². The fraction of sp³-hybridized carbons (Fsp3) is 0.304. The van der Waals surface area contributed by atoms with Gasteiger partial charge in [0.15, 0.2) is 0 Å². The highest BCUT2D eigenvalue weighted by atomic mass is 16.5. The van der Waals surface area contributed by atoms with E-state index in [4.69, 9.17) is 0 Å². The molecule has 2 aromatic rings. The Morgan fingerprint density at radius 2 is 1.75 bits per heavy atom. The molecule has 0 aliphatic carbocycles. The second kappa shape index (κ2) is 10.4. The normalized spacial score (nSPS) is 14.4. The number of nitrogens with zero attached hydrogens (tertiary/aromatic N) is 1. The molecule has 1 fully saturated rings. The predicted octanol–water partition coefficient (Wildman–Crippen LogP) is 2.81. The van der Waals surface area contributed by atoms with Gasteiger partial charge in [0, 0.05) is 36.3 Å². The molecule has 168 valence electrons. The Bertz CT molecular complexity index is 988. The lowest BCUT2D eigenvalue weighted by Crippen LogP contribution is -2.42. The van der Waals surface area contributed by atoms with Gasteiger partial charge in [0.2, 0.25) is 5.91 Å². The molecule has 0 aromatic heterocycles. The van der Waals surface area contributed by atoms with Crippen molar-refractivity contribution in [3.05, 3.63) is 59.7 Å². The molecule has 0 bridgehead atoms. The lowest BCUT2D eigenvalue weighted by atomic mass is 10.0. The molecule has 3 amide bonds. The lowest BCUT2D eigenvalue weighted by Gasteiger charge is -2.27. The number of hydrogen-bond donors (Lipinski definition) is 3. The molecule has 9 heteroatoms. The van der Waals surface area contributed by atoms with Gasteiger partial charge in [-0.2, -0.15) is 0 Å². The Morgan fingerprint density at radius 3 is 2.34 bits per heavy atom. The quantitative estimate of drug-likeness (QED) is 0.609. The molecule has 0 radical (unpaired) electrons. The van der Waals surface area contributed by atoms with Crippen LogP contribution in [0, 0.1) is 0 Å². The van der Waals surface area contributed by atoms with E-state index in [1.807, 2.05) is 0 Å². The molecule has 32 heavy (non-hydrogen) atoms. The fourth-order valence-corrected chi connectivity index (χ4v) is 3.44. The first-order valence-electron chi connectivity index (χ1n) is 10.3. The van der Waals surface area contributed by atoms with E-state index in [1.165, 1.54) is 31.4 Å². The van der Waals surface area contributed by atoms with Crippen LogP contribution in [0.1, 0.15) is 35.2 Å². The first-order chi connectivity index (χ1) is 15.4. The zero-order valence-electron chi connectivity index (χ0n) is 17.7. The zero-order chi connectivity index (χ0) is 23.1. The van der Waals surface area contributed by atoms with Crippen LogP contribution in [0.15, 0.2) is 48.5 Å². The number of nitrogens with one attached hydrogen (secondary N) is 2. The summed E-state index contributed by atoms with van der Waals surface area (Å²) in [7, 11) is 1.24. The molecular formula is C23H25N3O6. The van der Waals surface area contributed by atoms with Gasteiger partial charge in [-0.25, -0.2) is 9.59 Å². The van der Waals surface area contributed by atoms with E-state index in [2.05, 4.69) is 15.4 Å². The smallest absolute Gasteiger partial charge is 0.411 e. The Hall–Kier alpha value is -3.88. The highest BCUT2D eigenvalue weighted by Gasteiger charge is 2.22. The summed E-state index contributed by atoms with van der Waals surface area (Å²) in [5, 5.41) is 14.6. The molecule has 1 heterocycles. The molecule has 1 aliphatic heterocycles. The first-order valence-corrected chi connectivity index (χ1v) is 10.3. The third-order valence-corrected chi connectivity index (χ3v) is 5.19. The maximum Gasteiger partial charge on any atom is 0.411 e. The number of benzene rings is 2. The summed E-state index contributed by atoms with van der Waals surface area (Å²) in [5.41, 5.74) is 2.21. The first kappa shape index (κ1) is 22.8. The van der Waals surface area contributed by atoms with E-state index in [0.717, 1.165) is 24.1 Å². The average Bonchev–Trinajstić information content (AvgIpc) is 2.79. The average molecular weight is 439 g/mol. The third-order valence-electron chi connectivity index (χ3n) is 5.19. The van der Waals surface area contributed by atoms with Gasteiger partial charge < -0.3 is 20.1 Å². The van der Waals surface area contributed by atoms with Crippen molar-refractivity contribution in [3.8, 4) is 0 Å². The van der Waals surface area contributed by atoms with Crippen LogP contribution >= 0.6 is 0 Å². The number of carboxylic acid groups (broad SMARTS) is 1. The minimum Gasteiger partial charge on any atom is -0.480 e. The zero-order valence-corrected chi connectivity index (χ0v) is 17.7. The number of methoxy groups -OCH3 is 1. The second-order valence-electron chi connectivity index (χ2n) is 7.43. The molecular weight excluding hydrogens is 414 g/mol. The van der Waals surface area contributed by atoms with Crippen molar-refractivity contribution < 1.29 is 29.0 Å². The number of amides is 3. The van der Waals surface area contributed by atoms with Crippen molar-refractivity contribution in [2.45, 2.75) is 31.7 Å². The highest BCUT2D eigenvalue weighted by molar-refractivity contribution is 5.97. The van der Waals surface area contributed by atoms with Gasteiger partial charge in [0.05, 0.1) is 7.11 Å². The second-order valence-corrected chi connectivity index (χ2v) is 7.43. The maximum atomic E-state index is 12.5. The number of aliphatic carboxylic acids is 1. The molecule has 3 N–H and O–H groups in total. The standard InChI is InChI=1S/C23H25N3O6/c1-32-23(31)24-17-9-7-16(8-10-17)21(28)25-19(22(29)30)14-15-5-11-18(12-6-15)26-13-3-2-4-20(26)27/h5-12,19H,2-4,13-14H2,1H3,(H,24,31)(H,25,28)(H,29,30)/t19-/m0/s1. The molecule has 0 unspecified atom stereocenters. The van der Waals surface area contributed by atoms with Gasteiger partial charge in [-0.15, -0.1) is 0 Å². The van der Waals surface area contributed by atoms with Crippen LogP contribution in [0.5, 0.6) is 0 Å². The van der Waals surface area contributed by atoms with Crippen LogP contribution in [-0.2, 0) is 20.7 Å². The Morgan fingerprint density at radius 1 is 1.06 bits per heavy atom. The molecule has 1 saturated heterocycles. The summed E-state index contributed by atoms with van der Waals surface area (Å²) in [6.45, 7) is 0.680. The minimum atomic E-state index is -1.15. The summed E-state index contributed by atoms with van der Waals surface area (Å²) in [6, 6.07) is 12.0. The van der Waals surface area contributed by atoms with E-state index in [-0.39, 0.29) is 17.9 Å². The monoisotopic (exact) mass is 439 g/mol. The minimum absolute atomic E-state index is 0.0903. The predicted molar refractivity (Wildman–Crippen MR) is 118 cm³/mol. The Kier molecular flexibility index (Phi) is 7.43. The van der Waals surface area contributed by atoms with Crippen molar-refractivity contribution in [2.24, 2.45) is 0 Å². The number of rotatable bonds is 7. The van der Waals surface area contributed by atoms with Crippen molar-refractivity contribution in [1.82, 2.24) is 5.32 Å². The molecule has 0 saturated carbocycles. The maximum absolute atomic E-state index is 12.5. The van der Waals surface area contributed by atoms with Crippen LogP contribution in [-0.4, -0.2) is 48.7 Å². The van der Waals surface area contributed by atoms with Crippen LogP contribution in [0.4, 0.5) is 16.2 Å². The third kappa shape index (κ3) is 5.84. The largest absolute Gasteiger partial charge is 0.480 e. The van der Waals surface area contributed by atoms with E-state index < -0.39 is 24.0 Å². The van der Waals surface area contributed by atoms with Crippen molar-refractivity contribution in [3.63, 3.8) is 0 Å². The van der Waals surface area contributed by atoms with Crippen LogP contribution in [0.25, 0.3) is 0 Å². The number of carbonyl (C=O) groups is 4. The van der Waals surface area contributed by atoms with E-state index >= 15 is 0 Å². The fourth-order valence-electron chi connectivity index (χ4n) is 3.44. The van der Waals surface area contributed by atoms with Gasteiger partial charge in [-0.3, -0.25) is 14.9 Å². The van der Waals surface area contributed by atoms with Crippen molar-refractivity contribution >= 4 is 35.3 Å². The number of ether oxygens (including phenoxy) is 1. The summed E-state index contributed by atoms with van der Waals surface area (Å²) < 4.78 is 4.50. The van der Waals surface area contributed by atoms with Gasteiger partial charge in [0.1, 0.15) is 6.04 Å². The number of carboxylic acids is 1. The SMILES string of the molecule is COC(=O)Nc1ccc(C(=O)N[C@@H](Cc2ccc(N3CCCCC3=O)cc2)C(=O)O)cc1. The summed E-state index contributed by atoms with van der Waals surface area (Å²) in [5.74, 6) is -1.61. The van der Waals surface area contributed by atoms with Crippen LogP contribution < -0.4 is 15.5 Å². The van der Waals surface area contributed by atoms with Gasteiger partial charge in [-0.05, 0) is 54.8 Å². The molecule has 3 rings (SSSR count). The number of carbonyl (C=O) groups excluding carboxylic acids is 3. The molecule has 9 nitrogen and oxygen atoms in total. The topological polar surface area (TPSA) is 125 Å². The summed E-state index contributed by atoms with van der Waals surface area (Å²) in [6.07, 6.45) is 1.85. The van der Waals surface area contributed by atoms with Gasteiger partial charge in [0.25, 0.3) is 5.91 Å². The van der Waals surface area contributed by atoms with Crippen LogP contribution in [0.3, 0.4) is 0 Å². The molecule has 1 aliphatic rings. The van der Waals surface area contributed by atoms with E-state index in [1.54, 1.807) is 29.2 Å². The number of anilines is 2. The molecule has 0 spiro atoms. The molecule has 1 atom stereocenters. The van der Waals surface area contributed by atoms with Gasteiger partial charge >= 0.3 is 12.1 Å². The Labute approximate surface area is 185 Å². The lowest BCUT2D eigenvalue weighted by molar-refractivity contribution is -0.139. The summed E-state index contributed by atoms with van der Waals surface area (Å²) in [4.78, 5) is 49.2. The number of hydrogen-bond acceptors (Lipinski definition) is 5. The van der Waals surface area contributed by atoms with E-state index in [9.17, 15) is 24.3 Å².